The van der Waals surface area contributed by atoms with E-state index in [1.165, 1.54) is 12.2 Å². The van der Waals surface area contributed by atoms with Gasteiger partial charge in [0.05, 0.1) is 20.0 Å². The van der Waals surface area contributed by atoms with Crippen molar-refractivity contribution in [2.45, 2.75) is 64.5 Å². The molecule has 2 radical (unpaired) electrons. The van der Waals surface area contributed by atoms with Crippen molar-refractivity contribution in [2.24, 2.45) is 11.7 Å². The van der Waals surface area contributed by atoms with E-state index in [1.54, 1.807) is 45.0 Å². The summed E-state index contributed by atoms with van der Waals surface area (Å²) >= 11 is 0. The molecule has 39 heavy (non-hydrogen) atoms. The van der Waals surface area contributed by atoms with Crippen LogP contribution in [0.15, 0.2) is 36.4 Å². The van der Waals surface area contributed by atoms with Crippen molar-refractivity contribution in [3.05, 3.63) is 42.0 Å². The van der Waals surface area contributed by atoms with Crippen molar-refractivity contribution >= 4 is 49.1 Å². The van der Waals surface area contributed by atoms with Gasteiger partial charge in [-0.3, -0.25) is 24.0 Å². The van der Waals surface area contributed by atoms with E-state index in [9.17, 15) is 28.8 Å². The van der Waals surface area contributed by atoms with Crippen molar-refractivity contribution in [3.63, 3.8) is 0 Å². The highest BCUT2D eigenvalue weighted by atomic mass is 16.2. The van der Waals surface area contributed by atoms with E-state index >= 15 is 0 Å². The number of nitrogens with zero attached hydrogens (tertiary/aromatic N) is 1. The zero-order valence-corrected chi connectivity index (χ0v) is 22.4. The van der Waals surface area contributed by atoms with Crippen LogP contribution in [0.5, 0.6) is 0 Å². The molecule has 0 bridgehead atoms. The second-order valence-corrected chi connectivity index (χ2v) is 9.62. The Labute approximate surface area is 228 Å². The van der Waals surface area contributed by atoms with E-state index in [0.717, 1.165) is 4.90 Å². The van der Waals surface area contributed by atoms with E-state index in [1.807, 2.05) is 0 Å². The van der Waals surface area contributed by atoms with Gasteiger partial charge in [-0.15, -0.1) is 0 Å². The predicted molar refractivity (Wildman–Crippen MR) is 145 cm³/mol. The first kappa shape index (κ1) is 31.1. The number of nitrogens with two attached hydrogens (primary N) is 1. The molecule has 3 atom stereocenters. The van der Waals surface area contributed by atoms with Crippen LogP contribution in [-0.4, -0.2) is 68.1 Å². The van der Waals surface area contributed by atoms with Crippen LogP contribution in [0.25, 0.3) is 0 Å². The first-order valence-electron chi connectivity index (χ1n) is 12.7. The molecule has 0 aromatic heterocycles. The van der Waals surface area contributed by atoms with Crippen LogP contribution >= 0.6 is 0 Å². The van der Waals surface area contributed by atoms with Crippen LogP contribution in [0.3, 0.4) is 0 Å². The molecule has 2 rings (SSSR count). The highest BCUT2D eigenvalue weighted by molar-refractivity contribution is 6.28. The van der Waals surface area contributed by atoms with E-state index in [-0.39, 0.29) is 37.7 Å². The number of imide groups is 1. The Kier molecular flexibility index (Phi) is 11.7. The standard InChI is InChI=1S/C26H35BN6O6/c1-15(2)23(25(38)31-19(5-4-12-29-26(28)39)24(37)30-16(3)14-27)32-20(34)13-17-6-8-18(9-7-17)33-21(35)10-11-22(33)36/h6-11,15-16,19,23H,4-5,12-14H2,1-3H3,(H,30,37)(H,31,38)(H,32,34)(H3,28,29,39)/t16-,19+,23?/m1/s1. The second kappa shape index (κ2) is 14.7. The van der Waals surface area contributed by atoms with Gasteiger partial charge in [0.1, 0.15) is 12.1 Å². The summed E-state index contributed by atoms with van der Waals surface area (Å²) in [7, 11) is 5.59. The number of nitrogens with one attached hydrogen (secondary N) is 4. The van der Waals surface area contributed by atoms with Crippen molar-refractivity contribution in [2.75, 3.05) is 11.4 Å². The summed E-state index contributed by atoms with van der Waals surface area (Å²) in [6.07, 6.45) is 3.13. The molecule has 1 aromatic rings. The summed E-state index contributed by atoms with van der Waals surface area (Å²) in [6.45, 7) is 5.48. The molecule has 0 fully saturated rings. The van der Waals surface area contributed by atoms with Crippen LogP contribution in [0.4, 0.5) is 10.5 Å². The molecular weight excluding hydrogens is 503 g/mol. The smallest absolute Gasteiger partial charge is 0.312 e. The van der Waals surface area contributed by atoms with Crippen molar-refractivity contribution in [3.8, 4) is 0 Å². The molecule has 1 aliphatic heterocycles. The molecule has 13 heteroatoms. The molecule has 1 unspecified atom stereocenters. The fraction of sp³-hybridized carbons (Fsp3) is 0.462. The predicted octanol–water partition coefficient (Wildman–Crippen LogP) is -0.176. The maximum absolute atomic E-state index is 13.1. The lowest BCUT2D eigenvalue weighted by Gasteiger charge is -2.26. The lowest BCUT2D eigenvalue weighted by atomic mass is 9.98. The third kappa shape index (κ3) is 9.58. The molecule has 6 N–H and O–H groups in total. The van der Waals surface area contributed by atoms with Crippen LogP contribution in [0, 0.1) is 5.92 Å². The minimum absolute atomic E-state index is 0.0480. The van der Waals surface area contributed by atoms with Crippen LogP contribution in [-0.2, 0) is 30.4 Å². The summed E-state index contributed by atoms with van der Waals surface area (Å²) in [6, 6.07) is 3.53. The third-order valence-electron chi connectivity index (χ3n) is 5.98. The number of carbonyl (C=O) groups excluding carboxylic acids is 6. The Morgan fingerprint density at radius 2 is 1.54 bits per heavy atom. The van der Waals surface area contributed by atoms with Gasteiger partial charge in [-0.2, -0.15) is 0 Å². The number of benzene rings is 1. The molecule has 12 nitrogen and oxygen atoms in total. The fourth-order valence-electron chi connectivity index (χ4n) is 3.81. The SMILES string of the molecule is [B]C[C@@H](C)NC(=O)[C@H](CCCNC(N)=O)NC(=O)C(NC(=O)Cc1ccc(N2C(=O)C=CC2=O)cc1)C(C)C. The monoisotopic (exact) mass is 538 g/mol. The van der Waals surface area contributed by atoms with Crippen LogP contribution in [0.2, 0.25) is 6.32 Å². The molecular formula is C26H35BN6O6. The number of rotatable bonds is 14. The Morgan fingerprint density at radius 1 is 0.923 bits per heavy atom. The summed E-state index contributed by atoms with van der Waals surface area (Å²) in [5.74, 6) is -2.56. The lowest BCUT2D eigenvalue weighted by Crippen LogP contribution is -2.56. The Bertz CT molecular complexity index is 1090. The fourth-order valence-corrected chi connectivity index (χ4v) is 3.81. The quantitative estimate of drug-likeness (QED) is 0.125. The third-order valence-corrected chi connectivity index (χ3v) is 5.98. The Balaban J connectivity index is 2.02. The Morgan fingerprint density at radius 3 is 2.08 bits per heavy atom. The molecule has 0 saturated carbocycles. The molecule has 1 aliphatic rings. The molecule has 1 heterocycles. The molecule has 0 spiro atoms. The highest BCUT2D eigenvalue weighted by Gasteiger charge is 2.29. The molecule has 0 aliphatic carbocycles. The number of amides is 7. The Hall–Kier alpha value is -4.16. The normalized spacial score (nSPS) is 15.0. The van der Waals surface area contributed by atoms with E-state index in [2.05, 4.69) is 21.3 Å². The summed E-state index contributed by atoms with van der Waals surface area (Å²) in [5.41, 5.74) is 6.07. The van der Waals surface area contributed by atoms with Crippen molar-refractivity contribution in [1.82, 2.24) is 21.3 Å². The number of primary amides is 1. The average Bonchev–Trinajstić information content (AvgIpc) is 3.21. The van der Waals surface area contributed by atoms with Crippen molar-refractivity contribution < 1.29 is 28.8 Å². The molecule has 208 valence electrons. The van der Waals surface area contributed by atoms with Crippen LogP contribution < -0.4 is 31.9 Å². The zero-order chi connectivity index (χ0) is 29.1. The van der Waals surface area contributed by atoms with Gasteiger partial charge in [0.15, 0.2) is 0 Å². The van der Waals surface area contributed by atoms with Gasteiger partial charge in [-0.05, 0) is 43.4 Å². The number of anilines is 1. The number of carbonyl (C=O) groups is 6. The lowest BCUT2D eigenvalue weighted by molar-refractivity contribution is -0.133. The highest BCUT2D eigenvalue weighted by Crippen LogP contribution is 2.19. The first-order chi connectivity index (χ1) is 18.4. The van der Waals surface area contributed by atoms with Gasteiger partial charge in [0.25, 0.3) is 11.8 Å². The van der Waals surface area contributed by atoms with Gasteiger partial charge in [0.2, 0.25) is 17.7 Å². The minimum atomic E-state index is -0.923. The minimum Gasteiger partial charge on any atom is -0.353 e. The zero-order valence-electron chi connectivity index (χ0n) is 22.4. The first-order valence-corrected chi connectivity index (χ1v) is 12.7. The largest absolute Gasteiger partial charge is 0.353 e. The van der Waals surface area contributed by atoms with Gasteiger partial charge in [-0.25, -0.2) is 9.69 Å². The topological polar surface area (TPSA) is 180 Å². The number of urea groups is 1. The second-order valence-electron chi connectivity index (χ2n) is 9.62. The van der Waals surface area contributed by atoms with Gasteiger partial charge >= 0.3 is 6.03 Å². The van der Waals surface area contributed by atoms with Gasteiger partial charge in [-0.1, -0.05) is 32.3 Å². The van der Waals surface area contributed by atoms with E-state index in [0.29, 0.717) is 17.7 Å². The molecule has 0 saturated heterocycles. The number of hydrogen-bond donors (Lipinski definition) is 5. The average molecular weight is 538 g/mol. The van der Waals surface area contributed by atoms with E-state index < -0.39 is 47.7 Å². The van der Waals surface area contributed by atoms with E-state index in [4.69, 9.17) is 13.6 Å². The summed E-state index contributed by atoms with van der Waals surface area (Å²) in [4.78, 5) is 74.3. The van der Waals surface area contributed by atoms with Gasteiger partial charge < -0.3 is 27.0 Å². The molecule has 7 amide bonds. The van der Waals surface area contributed by atoms with Crippen LogP contribution in [0.1, 0.15) is 39.2 Å². The maximum atomic E-state index is 13.1. The molecule has 1 aromatic carbocycles. The summed E-state index contributed by atoms with van der Waals surface area (Å²) in [5, 5.41) is 10.6. The summed E-state index contributed by atoms with van der Waals surface area (Å²) < 4.78 is 0. The maximum Gasteiger partial charge on any atom is 0.312 e. The van der Waals surface area contributed by atoms with Crippen molar-refractivity contribution in [1.29, 1.82) is 0 Å². The number of hydrogen-bond acceptors (Lipinski definition) is 6. The van der Waals surface area contributed by atoms with Gasteiger partial charge in [0, 0.05) is 24.7 Å².